The molecule has 0 amide bonds. The number of carboxylic acids is 1. The smallest absolute Gasteiger partial charge is 0.326 e. The molecule has 11 heteroatoms. The van der Waals surface area contributed by atoms with Crippen molar-refractivity contribution in [3.63, 3.8) is 0 Å². The SMILES string of the molecule is CNC(=S)N/N=C(C)/C(C)=N\NC(=S)NC(CCSC)C(=O)O. The molecule has 0 radical (unpaired) electrons. The molecular weight excluding hydrogens is 356 g/mol. The van der Waals surface area contributed by atoms with Gasteiger partial charge in [-0.2, -0.15) is 22.0 Å². The van der Waals surface area contributed by atoms with Gasteiger partial charge in [-0.25, -0.2) is 4.79 Å². The summed E-state index contributed by atoms with van der Waals surface area (Å²) in [6, 6.07) is -0.748. The average molecular weight is 379 g/mol. The number of hydrazone groups is 2. The average Bonchev–Trinajstić information content (AvgIpc) is 2.53. The number of nitrogens with one attached hydrogen (secondary N) is 4. The Labute approximate surface area is 150 Å². The Balaban J connectivity index is 4.53. The molecule has 0 heterocycles. The van der Waals surface area contributed by atoms with Gasteiger partial charge in [0.1, 0.15) is 6.04 Å². The fourth-order valence-corrected chi connectivity index (χ4v) is 1.88. The van der Waals surface area contributed by atoms with E-state index in [0.29, 0.717) is 23.0 Å². The molecule has 0 aliphatic rings. The van der Waals surface area contributed by atoms with Gasteiger partial charge in [-0.3, -0.25) is 10.9 Å². The van der Waals surface area contributed by atoms with Crippen molar-refractivity contribution in [2.75, 3.05) is 19.1 Å². The van der Waals surface area contributed by atoms with Crippen molar-refractivity contribution in [3.8, 4) is 0 Å². The van der Waals surface area contributed by atoms with Crippen LogP contribution in [-0.4, -0.2) is 57.8 Å². The van der Waals surface area contributed by atoms with Gasteiger partial charge in [0.2, 0.25) is 0 Å². The van der Waals surface area contributed by atoms with Crippen LogP contribution in [0.3, 0.4) is 0 Å². The first-order valence-corrected chi connectivity index (χ1v) is 8.87. The Morgan fingerprint density at radius 1 is 1.17 bits per heavy atom. The topological polar surface area (TPSA) is 110 Å². The first-order valence-electron chi connectivity index (χ1n) is 6.66. The van der Waals surface area contributed by atoms with Crippen molar-refractivity contribution >= 4 is 63.8 Å². The van der Waals surface area contributed by atoms with Crippen LogP contribution < -0.4 is 21.5 Å². The monoisotopic (exact) mass is 378 g/mol. The van der Waals surface area contributed by atoms with Crippen molar-refractivity contribution in [3.05, 3.63) is 0 Å². The molecule has 130 valence electrons. The summed E-state index contributed by atoms with van der Waals surface area (Å²) in [4.78, 5) is 11.1. The van der Waals surface area contributed by atoms with Crippen LogP contribution in [0.15, 0.2) is 10.2 Å². The van der Waals surface area contributed by atoms with E-state index in [-0.39, 0.29) is 5.11 Å². The number of carbonyl (C=O) groups is 1. The number of rotatable bonds is 8. The molecule has 23 heavy (non-hydrogen) atoms. The molecule has 0 aromatic rings. The Bertz CT molecular complexity index is 495. The Kier molecular flexibility index (Phi) is 11.3. The molecule has 1 unspecified atom stereocenters. The zero-order chi connectivity index (χ0) is 17.8. The normalized spacial score (nSPS) is 13.0. The molecule has 0 aliphatic heterocycles. The van der Waals surface area contributed by atoms with Crippen LogP contribution in [0, 0.1) is 0 Å². The largest absolute Gasteiger partial charge is 0.480 e. The van der Waals surface area contributed by atoms with Gasteiger partial charge in [-0.05, 0) is 56.7 Å². The lowest BCUT2D eigenvalue weighted by atomic mass is 10.2. The summed E-state index contributed by atoms with van der Waals surface area (Å²) in [6.07, 6.45) is 2.38. The number of carboxylic acid groups (broad SMARTS) is 1. The second-order valence-electron chi connectivity index (χ2n) is 4.34. The molecule has 0 rings (SSSR count). The molecule has 0 spiro atoms. The van der Waals surface area contributed by atoms with Crippen molar-refractivity contribution in [1.82, 2.24) is 21.5 Å². The number of thioether (sulfide) groups is 1. The number of aliphatic carboxylic acids is 1. The zero-order valence-corrected chi connectivity index (χ0v) is 15.9. The third-order valence-corrected chi connectivity index (χ3v) is 3.76. The molecule has 0 aromatic heterocycles. The van der Waals surface area contributed by atoms with Crippen LogP contribution in [0.4, 0.5) is 0 Å². The molecule has 0 saturated heterocycles. The molecule has 8 nitrogen and oxygen atoms in total. The quantitative estimate of drug-likeness (QED) is 0.234. The first kappa shape index (κ1) is 21.5. The summed E-state index contributed by atoms with van der Waals surface area (Å²) in [5.74, 6) is -0.232. The molecule has 5 N–H and O–H groups in total. The number of hydrogen-bond donors (Lipinski definition) is 5. The van der Waals surface area contributed by atoms with Gasteiger partial charge in [-0.15, -0.1) is 0 Å². The van der Waals surface area contributed by atoms with E-state index in [1.807, 2.05) is 6.26 Å². The highest BCUT2D eigenvalue weighted by Crippen LogP contribution is 2.00. The molecule has 0 bridgehead atoms. The maximum Gasteiger partial charge on any atom is 0.326 e. The van der Waals surface area contributed by atoms with Crippen LogP contribution in [0.5, 0.6) is 0 Å². The van der Waals surface area contributed by atoms with Crippen LogP contribution in [-0.2, 0) is 4.79 Å². The summed E-state index contributed by atoms with van der Waals surface area (Å²) >= 11 is 11.5. The third-order valence-electron chi connectivity index (χ3n) is 2.62. The highest BCUT2D eigenvalue weighted by molar-refractivity contribution is 7.98. The van der Waals surface area contributed by atoms with Gasteiger partial charge in [0, 0.05) is 7.05 Å². The van der Waals surface area contributed by atoms with Gasteiger partial charge in [0.15, 0.2) is 10.2 Å². The van der Waals surface area contributed by atoms with E-state index in [1.54, 1.807) is 32.7 Å². The lowest BCUT2D eigenvalue weighted by Crippen LogP contribution is -2.45. The first-order chi connectivity index (χ1) is 10.8. The summed E-state index contributed by atoms with van der Waals surface area (Å²) in [7, 11) is 1.68. The predicted octanol–water partition coefficient (Wildman–Crippen LogP) is 0.502. The van der Waals surface area contributed by atoms with Crippen LogP contribution in [0.1, 0.15) is 20.3 Å². The molecule has 0 aromatic carbocycles. The van der Waals surface area contributed by atoms with E-state index in [9.17, 15) is 4.79 Å². The molecule has 0 aliphatic carbocycles. The summed E-state index contributed by atoms with van der Waals surface area (Å²) < 4.78 is 0. The van der Waals surface area contributed by atoms with E-state index in [2.05, 4.69) is 31.7 Å². The number of nitrogens with zero attached hydrogens (tertiary/aromatic N) is 2. The number of thiocarbonyl (C=S) groups is 2. The van der Waals surface area contributed by atoms with E-state index in [4.69, 9.17) is 29.5 Å². The highest BCUT2D eigenvalue weighted by atomic mass is 32.2. The van der Waals surface area contributed by atoms with E-state index in [0.717, 1.165) is 5.75 Å². The summed E-state index contributed by atoms with van der Waals surface area (Å²) in [5, 5.41) is 23.2. The Morgan fingerprint density at radius 3 is 2.13 bits per heavy atom. The third kappa shape index (κ3) is 10.0. The van der Waals surface area contributed by atoms with E-state index < -0.39 is 12.0 Å². The van der Waals surface area contributed by atoms with Gasteiger partial charge < -0.3 is 15.7 Å². The minimum absolute atomic E-state index is 0.143. The van der Waals surface area contributed by atoms with Gasteiger partial charge >= 0.3 is 5.97 Å². The highest BCUT2D eigenvalue weighted by Gasteiger charge is 2.17. The second kappa shape index (κ2) is 12.0. The second-order valence-corrected chi connectivity index (χ2v) is 6.15. The van der Waals surface area contributed by atoms with E-state index >= 15 is 0 Å². The zero-order valence-electron chi connectivity index (χ0n) is 13.5. The summed E-state index contributed by atoms with van der Waals surface area (Å²) in [5.41, 5.74) is 6.44. The maximum absolute atomic E-state index is 11.1. The maximum atomic E-state index is 11.1. The fourth-order valence-electron chi connectivity index (χ4n) is 1.17. The Morgan fingerprint density at radius 2 is 1.70 bits per heavy atom. The van der Waals surface area contributed by atoms with Gasteiger partial charge in [-0.1, -0.05) is 0 Å². The van der Waals surface area contributed by atoms with Crippen molar-refractivity contribution in [2.24, 2.45) is 10.2 Å². The minimum atomic E-state index is -0.952. The van der Waals surface area contributed by atoms with E-state index in [1.165, 1.54) is 0 Å². The summed E-state index contributed by atoms with van der Waals surface area (Å²) in [6.45, 7) is 3.49. The molecule has 0 saturated carbocycles. The van der Waals surface area contributed by atoms with Crippen LogP contribution >= 0.6 is 36.2 Å². The van der Waals surface area contributed by atoms with Crippen molar-refractivity contribution in [1.29, 1.82) is 0 Å². The lowest BCUT2D eigenvalue weighted by Gasteiger charge is -2.15. The molecule has 0 fully saturated rings. The minimum Gasteiger partial charge on any atom is -0.480 e. The van der Waals surface area contributed by atoms with Crippen LogP contribution in [0.2, 0.25) is 0 Å². The predicted molar refractivity (Wildman–Crippen MR) is 104 cm³/mol. The molecule has 1 atom stereocenters. The van der Waals surface area contributed by atoms with Crippen molar-refractivity contribution in [2.45, 2.75) is 26.3 Å². The fraction of sp³-hybridized carbons (Fsp3) is 0.583. The Hall–Kier alpha value is -1.46. The van der Waals surface area contributed by atoms with Gasteiger partial charge in [0.05, 0.1) is 11.4 Å². The van der Waals surface area contributed by atoms with Gasteiger partial charge in [0.25, 0.3) is 0 Å². The van der Waals surface area contributed by atoms with Crippen molar-refractivity contribution < 1.29 is 9.90 Å². The number of hydrogen-bond acceptors (Lipinski definition) is 6. The lowest BCUT2D eigenvalue weighted by molar-refractivity contribution is -0.139. The standard InChI is InChI=1S/C12H22N6O2S3/c1-7(15-17-11(21)13-3)8(2)16-18-12(22)14-9(10(19)20)5-6-23-4/h9H,5-6H2,1-4H3,(H,19,20)(H2,13,17,21)(H2,14,18,22)/b15-7+,16-8-. The van der Waals surface area contributed by atoms with Crippen LogP contribution in [0.25, 0.3) is 0 Å². The molecular formula is C12H22N6O2S3.